The van der Waals surface area contributed by atoms with E-state index >= 15 is 0 Å². The fraction of sp³-hybridized carbons (Fsp3) is 0.562. The number of rotatable bonds is 2. The number of nitrogens with zero attached hydrogens (tertiary/aromatic N) is 4. The highest BCUT2D eigenvalue weighted by molar-refractivity contribution is 7.16. The molecule has 2 aromatic rings. The Morgan fingerprint density at radius 3 is 2.87 bits per heavy atom. The molecular formula is C16H21N5OS. The second-order valence-corrected chi connectivity index (χ2v) is 7.05. The van der Waals surface area contributed by atoms with E-state index in [0.29, 0.717) is 0 Å². The first kappa shape index (κ1) is 14.8. The van der Waals surface area contributed by atoms with Crippen LogP contribution in [-0.4, -0.2) is 59.5 Å². The predicted octanol–water partition coefficient (Wildman–Crippen LogP) is 1.48. The lowest BCUT2D eigenvalue weighted by molar-refractivity contribution is -0.134. The van der Waals surface area contributed by atoms with Gasteiger partial charge in [0.15, 0.2) is 0 Å². The van der Waals surface area contributed by atoms with Crippen LogP contribution in [-0.2, 0) is 4.79 Å². The number of anilines is 1. The summed E-state index contributed by atoms with van der Waals surface area (Å²) in [6, 6.07) is 2.11. The summed E-state index contributed by atoms with van der Waals surface area (Å²) in [4.78, 5) is 26.7. The molecule has 6 nitrogen and oxygen atoms in total. The van der Waals surface area contributed by atoms with Crippen LogP contribution in [0.1, 0.15) is 19.3 Å². The molecule has 4 heterocycles. The molecule has 0 unspecified atom stereocenters. The van der Waals surface area contributed by atoms with Crippen LogP contribution < -0.4 is 10.2 Å². The van der Waals surface area contributed by atoms with Crippen molar-refractivity contribution in [1.82, 2.24) is 20.2 Å². The molecule has 2 aromatic heterocycles. The van der Waals surface area contributed by atoms with Gasteiger partial charge in [-0.15, -0.1) is 11.3 Å². The zero-order valence-corrected chi connectivity index (χ0v) is 13.9. The molecule has 1 N–H and O–H groups in total. The number of fused-ring (bicyclic) bond motifs is 1. The van der Waals surface area contributed by atoms with Gasteiger partial charge in [-0.25, -0.2) is 9.97 Å². The normalized spacial score (nSPS) is 22.5. The molecule has 4 rings (SSSR count). The Morgan fingerprint density at radius 2 is 2.09 bits per heavy atom. The van der Waals surface area contributed by atoms with Crippen LogP contribution in [0.5, 0.6) is 0 Å². The number of nitrogens with one attached hydrogen (secondary N) is 1. The van der Waals surface area contributed by atoms with Crippen molar-refractivity contribution in [1.29, 1.82) is 0 Å². The molecule has 2 aliphatic rings. The highest BCUT2D eigenvalue weighted by Crippen LogP contribution is 2.27. The standard InChI is InChI=1S/C16H21N5OS/c22-16(13-3-1-2-5-17-13)21-8-6-20(7-9-21)14-12-4-10-23-15(12)19-11-18-14/h4,10-11,13,17H,1-3,5-9H2/t13-/m1/s1. The molecule has 2 fully saturated rings. The number of piperidine rings is 1. The molecule has 0 saturated carbocycles. The van der Waals surface area contributed by atoms with Crippen LogP contribution >= 0.6 is 11.3 Å². The van der Waals surface area contributed by atoms with Gasteiger partial charge in [0.05, 0.1) is 11.4 Å². The molecule has 1 amide bonds. The minimum atomic E-state index is 0.0259. The highest BCUT2D eigenvalue weighted by atomic mass is 32.1. The average molecular weight is 331 g/mol. The van der Waals surface area contributed by atoms with Gasteiger partial charge in [0, 0.05) is 26.2 Å². The van der Waals surface area contributed by atoms with E-state index < -0.39 is 0 Å². The minimum Gasteiger partial charge on any atom is -0.352 e. The van der Waals surface area contributed by atoms with Crippen LogP contribution in [0.25, 0.3) is 10.2 Å². The van der Waals surface area contributed by atoms with Crippen molar-refractivity contribution in [3.05, 3.63) is 17.8 Å². The molecule has 0 bridgehead atoms. The maximum absolute atomic E-state index is 12.6. The molecule has 1 atom stereocenters. The van der Waals surface area contributed by atoms with Crippen molar-refractivity contribution in [2.75, 3.05) is 37.6 Å². The van der Waals surface area contributed by atoms with E-state index in [-0.39, 0.29) is 11.9 Å². The molecule has 0 aliphatic carbocycles. The summed E-state index contributed by atoms with van der Waals surface area (Å²) in [5.74, 6) is 1.27. The molecular weight excluding hydrogens is 310 g/mol. The van der Waals surface area contributed by atoms with Crippen molar-refractivity contribution in [3.63, 3.8) is 0 Å². The van der Waals surface area contributed by atoms with Crippen LogP contribution in [0, 0.1) is 0 Å². The Kier molecular flexibility index (Phi) is 4.13. The summed E-state index contributed by atoms with van der Waals surface area (Å²) in [6.07, 6.45) is 4.94. The molecule has 2 saturated heterocycles. The number of carbonyl (C=O) groups is 1. The molecule has 0 spiro atoms. The van der Waals surface area contributed by atoms with Crippen LogP contribution in [0.4, 0.5) is 5.82 Å². The van der Waals surface area contributed by atoms with Gasteiger partial charge < -0.3 is 15.1 Å². The summed E-state index contributed by atoms with van der Waals surface area (Å²) < 4.78 is 0. The molecule has 23 heavy (non-hydrogen) atoms. The maximum Gasteiger partial charge on any atom is 0.239 e. The summed E-state index contributed by atoms with van der Waals surface area (Å²) in [7, 11) is 0. The van der Waals surface area contributed by atoms with Gasteiger partial charge in [0.25, 0.3) is 0 Å². The number of piperazine rings is 1. The monoisotopic (exact) mass is 331 g/mol. The fourth-order valence-electron chi connectivity index (χ4n) is 3.45. The minimum absolute atomic E-state index is 0.0259. The fourth-order valence-corrected chi connectivity index (χ4v) is 4.18. The SMILES string of the molecule is O=C([C@H]1CCCCN1)N1CCN(c2ncnc3sccc23)CC1. The zero-order valence-electron chi connectivity index (χ0n) is 13.1. The Balaban J connectivity index is 1.42. The van der Waals surface area contributed by atoms with Crippen molar-refractivity contribution in [3.8, 4) is 0 Å². The lowest BCUT2D eigenvalue weighted by atomic mass is 10.0. The van der Waals surface area contributed by atoms with E-state index in [1.54, 1.807) is 17.7 Å². The van der Waals surface area contributed by atoms with Crippen molar-refractivity contribution >= 4 is 33.3 Å². The quantitative estimate of drug-likeness (QED) is 0.903. The predicted molar refractivity (Wildman–Crippen MR) is 91.8 cm³/mol. The third kappa shape index (κ3) is 2.90. The zero-order chi connectivity index (χ0) is 15.6. The Labute approximate surface area is 139 Å². The average Bonchev–Trinajstić information content (AvgIpc) is 3.11. The Morgan fingerprint density at radius 1 is 1.22 bits per heavy atom. The number of hydrogen-bond donors (Lipinski definition) is 1. The summed E-state index contributed by atoms with van der Waals surface area (Å²) in [5.41, 5.74) is 0. The van der Waals surface area contributed by atoms with Crippen LogP contribution in [0.2, 0.25) is 0 Å². The Hall–Kier alpha value is -1.73. The first-order valence-electron chi connectivity index (χ1n) is 8.28. The van der Waals surface area contributed by atoms with Gasteiger partial charge in [0.1, 0.15) is 17.0 Å². The summed E-state index contributed by atoms with van der Waals surface area (Å²) in [6.45, 7) is 4.17. The van der Waals surface area contributed by atoms with Crippen molar-refractivity contribution < 1.29 is 4.79 Å². The van der Waals surface area contributed by atoms with Gasteiger partial charge >= 0.3 is 0 Å². The van der Waals surface area contributed by atoms with Gasteiger partial charge in [-0.3, -0.25) is 4.79 Å². The number of aromatic nitrogens is 2. The van der Waals surface area contributed by atoms with Crippen molar-refractivity contribution in [2.45, 2.75) is 25.3 Å². The Bertz CT molecular complexity index is 689. The first-order valence-corrected chi connectivity index (χ1v) is 9.16. The van der Waals surface area contributed by atoms with Gasteiger partial charge in [-0.05, 0) is 30.8 Å². The molecule has 0 aromatic carbocycles. The van der Waals surface area contributed by atoms with E-state index in [1.807, 2.05) is 4.90 Å². The second kappa shape index (κ2) is 6.41. The molecule has 0 radical (unpaired) electrons. The molecule has 2 aliphatic heterocycles. The van der Waals surface area contributed by atoms with Gasteiger partial charge in [-0.2, -0.15) is 0 Å². The van der Waals surface area contributed by atoms with Crippen LogP contribution in [0.3, 0.4) is 0 Å². The van der Waals surface area contributed by atoms with Crippen molar-refractivity contribution in [2.24, 2.45) is 0 Å². The lowest BCUT2D eigenvalue weighted by Crippen LogP contribution is -2.55. The van der Waals surface area contributed by atoms with Gasteiger partial charge in [-0.1, -0.05) is 6.42 Å². The van der Waals surface area contributed by atoms with Crippen LogP contribution in [0.15, 0.2) is 17.8 Å². The highest BCUT2D eigenvalue weighted by Gasteiger charge is 2.29. The number of carbonyl (C=O) groups excluding carboxylic acids is 1. The third-order valence-electron chi connectivity index (χ3n) is 4.74. The maximum atomic E-state index is 12.6. The van der Waals surface area contributed by atoms with E-state index in [4.69, 9.17) is 0 Å². The van der Waals surface area contributed by atoms with E-state index in [2.05, 4.69) is 31.6 Å². The summed E-state index contributed by atoms with van der Waals surface area (Å²) >= 11 is 1.64. The lowest BCUT2D eigenvalue weighted by Gasteiger charge is -2.37. The third-order valence-corrected chi connectivity index (χ3v) is 5.56. The first-order chi connectivity index (χ1) is 11.3. The molecule has 7 heteroatoms. The van der Waals surface area contributed by atoms with Gasteiger partial charge in [0.2, 0.25) is 5.91 Å². The number of hydrogen-bond acceptors (Lipinski definition) is 6. The number of thiophene rings is 1. The summed E-state index contributed by atoms with van der Waals surface area (Å²) in [5, 5.41) is 6.53. The van der Waals surface area contributed by atoms with E-state index in [9.17, 15) is 4.79 Å². The smallest absolute Gasteiger partial charge is 0.239 e. The topological polar surface area (TPSA) is 61.4 Å². The second-order valence-electron chi connectivity index (χ2n) is 6.15. The number of amides is 1. The largest absolute Gasteiger partial charge is 0.352 e. The van der Waals surface area contributed by atoms with E-state index in [0.717, 1.165) is 61.6 Å². The van der Waals surface area contributed by atoms with E-state index in [1.165, 1.54) is 6.42 Å². The molecule has 122 valence electrons.